The van der Waals surface area contributed by atoms with Gasteiger partial charge >= 0.3 is 0 Å². The Kier molecular flexibility index (Phi) is 7.38. The van der Waals surface area contributed by atoms with Crippen LogP contribution < -0.4 is 0 Å². The van der Waals surface area contributed by atoms with Crippen LogP contribution in [0, 0.1) is 6.92 Å². The first-order valence-electron chi connectivity index (χ1n) is 14.7. The van der Waals surface area contributed by atoms with Gasteiger partial charge in [-0.05, 0) is 104 Å². The summed E-state index contributed by atoms with van der Waals surface area (Å²) in [7, 11) is 0. The first-order chi connectivity index (χ1) is 20.8. The van der Waals surface area contributed by atoms with Crippen LogP contribution in [0.3, 0.4) is 0 Å². The topological polar surface area (TPSA) is 26.3 Å². The number of fused-ring (bicyclic) bond motifs is 7. The van der Waals surface area contributed by atoms with Crippen LogP contribution in [0.4, 0.5) is 0 Å². The van der Waals surface area contributed by atoms with Crippen LogP contribution in [0.1, 0.15) is 44.4 Å². The number of hydrogen-bond acceptors (Lipinski definition) is 2. The molecule has 0 aliphatic heterocycles. The van der Waals surface area contributed by atoms with Crippen LogP contribution in [0.25, 0.3) is 77.9 Å². The summed E-state index contributed by atoms with van der Waals surface area (Å²) in [5, 5.41) is 9.09. The minimum absolute atomic E-state index is 0.733. The van der Waals surface area contributed by atoms with Gasteiger partial charge in [-0.1, -0.05) is 96.6 Å². The van der Waals surface area contributed by atoms with E-state index in [-0.39, 0.29) is 0 Å². The zero-order valence-corrected chi connectivity index (χ0v) is 25.5. The second kappa shape index (κ2) is 11.3. The van der Waals surface area contributed by atoms with Crippen molar-refractivity contribution in [2.75, 3.05) is 0 Å². The largest absolute Gasteiger partial charge is 0.452 e. The van der Waals surface area contributed by atoms with E-state index in [1.165, 1.54) is 38.4 Å². The van der Waals surface area contributed by atoms with Crippen molar-refractivity contribution in [2.45, 2.75) is 34.6 Å². The number of allylic oxidation sites excluding steroid dienone is 4. The molecule has 7 rings (SSSR count). The Balaban J connectivity index is 0.000000501. The Hall–Kier alpha value is -5.08. The van der Waals surface area contributed by atoms with Crippen molar-refractivity contribution in [1.29, 1.82) is 0 Å². The first-order valence-corrected chi connectivity index (χ1v) is 14.7. The molecule has 212 valence electrons. The summed E-state index contributed by atoms with van der Waals surface area (Å²) >= 11 is 0. The fourth-order valence-electron chi connectivity index (χ4n) is 5.57. The molecule has 0 aliphatic carbocycles. The van der Waals surface area contributed by atoms with Crippen LogP contribution >= 0.6 is 0 Å². The van der Waals surface area contributed by atoms with Gasteiger partial charge in [0.25, 0.3) is 0 Å². The SMILES string of the molecule is C=C/C(C)=C\C.C=Cc1cc2c(ccc3cc(-c4cc5ccc6cc7cc(C)ccc7cc6c5o4)oc32)cc1C=C(C)C. The quantitative estimate of drug-likeness (QED) is 0.158. The van der Waals surface area contributed by atoms with E-state index < -0.39 is 0 Å². The van der Waals surface area contributed by atoms with Gasteiger partial charge in [0.1, 0.15) is 11.2 Å². The Labute approximate surface area is 252 Å². The molecule has 0 atom stereocenters. The molecule has 0 bridgehead atoms. The zero-order chi connectivity index (χ0) is 30.2. The second-order valence-electron chi connectivity index (χ2n) is 11.5. The van der Waals surface area contributed by atoms with Gasteiger partial charge in [-0.15, -0.1) is 0 Å². The third kappa shape index (κ3) is 5.33. The monoisotopic (exact) mass is 560 g/mol. The zero-order valence-electron chi connectivity index (χ0n) is 25.5. The number of rotatable bonds is 4. The molecule has 0 spiro atoms. The summed E-state index contributed by atoms with van der Waals surface area (Å²) in [5.41, 5.74) is 7.77. The minimum atomic E-state index is 0.733. The number of aryl methyl sites for hydroxylation is 1. The van der Waals surface area contributed by atoms with Gasteiger partial charge in [-0.25, -0.2) is 0 Å². The van der Waals surface area contributed by atoms with E-state index in [1.807, 2.05) is 32.1 Å². The average molecular weight is 561 g/mol. The van der Waals surface area contributed by atoms with E-state index in [9.17, 15) is 0 Å². The molecule has 0 unspecified atom stereocenters. The van der Waals surface area contributed by atoms with E-state index in [1.54, 1.807) is 0 Å². The second-order valence-corrected chi connectivity index (χ2v) is 11.5. The average Bonchev–Trinajstić information content (AvgIpc) is 3.64. The molecule has 2 heterocycles. The highest BCUT2D eigenvalue weighted by Crippen LogP contribution is 2.39. The molecule has 0 fully saturated rings. The highest BCUT2D eigenvalue weighted by atomic mass is 16.4. The molecule has 43 heavy (non-hydrogen) atoms. The molecule has 5 aromatic carbocycles. The maximum atomic E-state index is 6.47. The molecule has 2 aromatic heterocycles. The van der Waals surface area contributed by atoms with Crippen LogP contribution in [-0.2, 0) is 0 Å². The van der Waals surface area contributed by atoms with E-state index in [2.05, 4.69) is 119 Å². The first kappa shape index (κ1) is 28.1. The summed E-state index contributed by atoms with van der Waals surface area (Å²) in [6.45, 7) is 18.0. The standard InChI is InChI=1S/C35H26O2.C6H10/c1-5-22-16-30-24(14-28(22)12-20(2)3)8-10-26-18-32(36-34(26)30)33-19-27-11-9-25-15-29-13-21(4)6-7-23(29)17-31(25)35(27)37-33;1-4-6(3)5-2/h5-19H,1H2,2-4H3;4-5H,1H2,2-3H3/b;6-5-. The normalized spacial score (nSPS) is 11.7. The lowest BCUT2D eigenvalue weighted by Gasteiger charge is -2.06. The van der Waals surface area contributed by atoms with Crippen molar-refractivity contribution in [3.8, 4) is 11.5 Å². The lowest BCUT2D eigenvalue weighted by atomic mass is 9.98. The summed E-state index contributed by atoms with van der Waals surface area (Å²) in [5.74, 6) is 1.47. The van der Waals surface area contributed by atoms with Crippen LogP contribution in [0.2, 0.25) is 0 Å². The molecule has 0 aliphatic rings. The molecular weight excluding hydrogens is 524 g/mol. The predicted octanol–water partition coefficient (Wildman–Crippen LogP) is 12.8. The molecule has 0 saturated carbocycles. The highest BCUT2D eigenvalue weighted by molar-refractivity contribution is 6.11. The fourth-order valence-corrected chi connectivity index (χ4v) is 5.57. The fraction of sp³-hybridized carbons (Fsp3) is 0.122. The van der Waals surface area contributed by atoms with Crippen molar-refractivity contribution in [1.82, 2.24) is 0 Å². The van der Waals surface area contributed by atoms with Gasteiger partial charge in [0.2, 0.25) is 0 Å². The Morgan fingerprint density at radius 2 is 1.19 bits per heavy atom. The number of hydrogen-bond donors (Lipinski definition) is 0. The third-order valence-electron chi connectivity index (χ3n) is 8.00. The van der Waals surface area contributed by atoms with E-state index in [0.29, 0.717) is 0 Å². The van der Waals surface area contributed by atoms with Gasteiger partial charge in [0, 0.05) is 21.5 Å². The van der Waals surface area contributed by atoms with Crippen LogP contribution in [0.15, 0.2) is 124 Å². The summed E-state index contributed by atoms with van der Waals surface area (Å²) in [6.07, 6.45) is 7.95. The summed E-state index contributed by atoms with van der Waals surface area (Å²) < 4.78 is 12.9. The van der Waals surface area contributed by atoms with Crippen molar-refractivity contribution in [3.63, 3.8) is 0 Å². The van der Waals surface area contributed by atoms with Crippen LogP contribution in [0.5, 0.6) is 0 Å². The molecule has 2 heteroatoms. The molecule has 0 saturated heterocycles. The highest BCUT2D eigenvalue weighted by Gasteiger charge is 2.16. The Bertz CT molecular complexity index is 2260. The molecule has 0 radical (unpaired) electrons. The number of benzene rings is 5. The predicted molar refractivity (Wildman–Crippen MR) is 188 cm³/mol. The van der Waals surface area contributed by atoms with E-state index in [0.717, 1.165) is 55.2 Å². The summed E-state index contributed by atoms with van der Waals surface area (Å²) in [4.78, 5) is 0. The van der Waals surface area contributed by atoms with Gasteiger partial charge < -0.3 is 8.83 Å². The minimum Gasteiger partial charge on any atom is -0.452 e. The Morgan fingerprint density at radius 3 is 1.74 bits per heavy atom. The van der Waals surface area contributed by atoms with Crippen molar-refractivity contribution in [3.05, 3.63) is 132 Å². The number of furan rings is 2. The van der Waals surface area contributed by atoms with Gasteiger partial charge in [-0.2, -0.15) is 0 Å². The third-order valence-corrected chi connectivity index (χ3v) is 8.00. The molecule has 0 N–H and O–H groups in total. The lowest BCUT2D eigenvalue weighted by Crippen LogP contribution is -1.84. The maximum absolute atomic E-state index is 6.47. The van der Waals surface area contributed by atoms with Gasteiger partial charge in [0.15, 0.2) is 11.5 Å². The van der Waals surface area contributed by atoms with Crippen molar-refractivity contribution >= 4 is 66.4 Å². The van der Waals surface area contributed by atoms with Crippen LogP contribution in [-0.4, -0.2) is 0 Å². The van der Waals surface area contributed by atoms with E-state index >= 15 is 0 Å². The Morgan fingerprint density at radius 1 is 0.605 bits per heavy atom. The molecule has 2 nitrogen and oxygen atoms in total. The van der Waals surface area contributed by atoms with E-state index in [4.69, 9.17) is 8.83 Å². The van der Waals surface area contributed by atoms with Crippen molar-refractivity contribution in [2.24, 2.45) is 0 Å². The van der Waals surface area contributed by atoms with Gasteiger partial charge in [0.05, 0.1) is 0 Å². The van der Waals surface area contributed by atoms with Crippen molar-refractivity contribution < 1.29 is 8.83 Å². The molecule has 7 aromatic rings. The lowest BCUT2D eigenvalue weighted by molar-refractivity contribution is 0.572. The maximum Gasteiger partial charge on any atom is 0.170 e. The molecule has 0 amide bonds. The summed E-state index contributed by atoms with van der Waals surface area (Å²) in [6, 6.07) is 28.1. The van der Waals surface area contributed by atoms with Gasteiger partial charge in [-0.3, -0.25) is 0 Å². The smallest absolute Gasteiger partial charge is 0.170 e. The molecular formula is C41H36O2.